The highest BCUT2D eigenvalue weighted by Gasteiger charge is 2.53. The van der Waals surface area contributed by atoms with E-state index in [1.165, 1.54) is 0 Å². The maximum absolute atomic E-state index is 5.51. The Morgan fingerprint density at radius 3 is 2.46 bits per heavy atom. The molecule has 0 spiro atoms. The van der Waals surface area contributed by atoms with Crippen molar-refractivity contribution in [1.82, 2.24) is 0 Å². The molecule has 2 heterocycles. The van der Waals surface area contributed by atoms with E-state index in [2.05, 4.69) is 32.7 Å². The third kappa shape index (κ3) is 1.57. The zero-order valence-electron chi connectivity index (χ0n) is 8.70. The summed E-state index contributed by atoms with van der Waals surface area (Å²) in [6, 6.07) is 0.329. The number of hydrogen-bond donors (Lipinski definition) is 0. The number of rotatable bonds is 2. The van der Waals surface area contributed by atoms with Crippen LogP contribution in [0.5, 0.6) is 0 Å². The Balaban J connectivity index is 2.00. The lowest BCUT2D eigenvalue weighted by molar-refractivity contribution is 0.275. The third-order valence-corrected chi connectivity index (χ3v) is 2.68. The highest BCUT2D eigenvalue weighted by Crippen LogP contribution is 2.38. The van der Waals surface area contributed by atoms with E-state index < -0.39 is 0 Å². The van der Waals surface area contributed by atoms with E-state index in [1.54, 1.807) is 0 Å². The molecule has 3 heteroatoms. The number of hydrogen-bond acceptors (Lipinski definition) is 3. The molecule has 0 saturated carbocycles. The SMILES string of the molecule is CC(C)[C@H]1COC([C@H]2OC2(C)C)=N1. The molecule has 2 rings (SSSR count). The van der Waals surface area contributed by atoms with E-state index in [0.29, 0.717) is 12.0 Å². The number of aliphatic imine (C=N–C) groups is 1. The summed E-state index contributed by atoms with van der Waals surface area (Å²) in [7, 11) is 0. The van der Waals surface area contributed by atoms with Gasteiger partial charge in [0.1, 0.15) is 6.61 Å². The summed E-state index contributed by atoms with van der Waals surface area (Å²) in [4.78, 5) is 4.51. The van der Waals surface area contributed by atoms with E-state index >= 15 is 0 Å². The molecule has 0 aliphatic carbocycles. The van der Waals surface area contributed by atoms with Crippen molar-refractivity contribution >= 4 is 5.90 Å². The van der Waals surface area contributed by atoms with Crippen LogP contribution in [-0.4, -0.2) is 30.3 Å². The summed E-state index contributed by atoms with van der Waals surface area (Å²) in [5, 5.41) is 0. The minimum Gasteiger partial charge on any atom is -0.477 e. The van der Waals surface area contributed by atoms with Crippen LogP contribution in [0.2, 0.25) is 0 Å². The topological polar surface area (TPSA) is 34.1 Å². The smallest absolute Gasteiger partial charge is 0.216 e. The average molecular weight is 183 g/mol. The van der Waals surface area contributed by atoms with E-state index in [0.717, 1.165) is 12.5 Å². The van der Waals surface area contributed by atoms with Crippen molar-refractivity contribution in [2.75, 3.05) is 6.61 Å². The molecule has 0 aromatic rings. The van der Waals surface area contributed by atoms with Crippen molar-refractivity contribution in [3.63, 3.8) is 0 Å². The largest absolute Gasteiger partial charge is 0.477 e. The normalized spacial score (nSPS) is 35.9. The highest BCUT2D eigenvalue weighted by atomic mass is 16.6. The van der Waals surface area contributed by atoms with E-state index in [4.69, 9.17) is 9.47 Å². The number of ether oxygens (including phenoxy) is 2. The summed E-state index contributed by atoms with van der Waals surface area (Å²) in [6.45, 7) is 9.18. The van der Waals surface area contributed by atoms with Crippen molar-refractivity contribution in [2.45, 2.75) is 45.4 Å². The minimum atomic E-state index is -0.0509. The molecular formula is C10H17NO2. The fourth-order valence-electron chi connectivity index (χ4n) is 1.51. The van der Waals surface area contributed by atoms with Gasteiger partial charge in [0.2, 0.25) is 5.90 Å². The molecular weight excluding hydrogens is 166 g/mol. The van der Waals surface area contributed by atoms with Gasteiger partial charge in [-0.15, -0.1) is 0 Å². The minimum absolute atomic E-state index is 0.0509. The van der Waals surface area contributed by atoms with Crippen LogP contribution in [-0.2, 0) is 9.47 Å². The fourth-order valence-corrected chi connectivity index (χ4v) is 1.51. The van der Waals surface area contributed by atoms with E-state index in [-0.39, 0.29) is 11.7 Å². The lowest BCUT2D eigenvalue weighted by Crippen LogP contribution is -2.15. The van der Waals surface area contributed by atoms with Crippen LogP contribution in [0.3, 0.4) is 0 Å². The van der Waals surface area contributed by atoms with Gasteiger partial charge in [-0.05, 0) is 19.8 Å². The molecule has 0 amide bonds. The van der Waals surface area contributed by atoms with Gasteiger partial charge in [-0.3, -0.25) is 0 Å². The molecule has 0 radical (unpaired) electrons. The van der Waals surface area contributed by atoms with Gasteiger partial charge in [0.05, 0.1) is 11.6 Å². The molecule has 0 N–H and O–H groups in total. The molecule has 0 bridgehead atoms. The van der Waals surface area contributed by atoms with Gasteiger partial charge < -0.3 is 9.47 Å². The maximum atomic E-state index is 5.51. The molecule has 2 aliphatic heterocycles. The van der Waals surface area contributed by atoms with Gasteiger partial charge >= 0.3 is 0 Å². The average Bonchev–Trinajstić information content (AvgIpc) is 2.50. The Bertz CT molecular complexity index is 245. The van der Waals surface area contributed by atoms with Crippen LogP contribution >= 0.6 is 0 Å². The summed E-state index contributed by atoms with van der Waals surface area (Å²) in [5.74, 6) is 1.36. The Labute approximate surface area is 79.1 Å². The van der Waals surface area contributed by atoms with Crippen molar-refractivity contribution in [3.05, 3.63) is 0 Å². The van der Waals surface area contributed by atoms with E-state index in [1.807, 2.05) is 0 Å². The standard InChI is InChI=1S/C10H17NO2/c1-6(2)7-5-12-9(11-7)8-10(3,4)13-8/h6-8H,5H2,1-4H3/t7-,8-/m1/s1. The first-order valence-electron chi connectivity index (χ1n) is 4.89. The predicted molar refractivity (Wildman–Crippen MR) is 51.0 cm³/mol. The summed E-state index contributed by atoms with van der Waals surface area (Å²) in [5.41, 5.74) is -0.0509. The Morgan fingerprint density at radius 2 is 2.08 bits per heavy atom. The molecule has 0 unspecified atom stereocenters. The molecule has 2 aliphatic rings. The first-order chi connectivity index (χ1) is 6.00. The van der Waals surface area contributed by atoms with Gasteiger partial charge in [0.15, 0.2) is 6.10 Å². The van der Waals surface area contributed by atoms with Gasteiger partial charge in [-0.25, -0.2) is 4.99 Å². The number of nitrogens with zero attached hydrogens (tertiary/aromatic N) is 1. The lowest BCUT2D eigenvalue weighted by atomic mass is 10.1. The van der Waals surface area contributed by atoms with Crippen molar-refractivity contribution < 1.29 is 9.47 Å². The predicted octanol–water partition coefficient (Wildman–Crippen LogP) is 1.62. The molecule has 1 fully saturated rings. The van der Waals surface area contributed by atoms with Gasteiger partial charge in [0, 0.05) is 0 Å². The maximum Gasteiger partial charge on any atom is 0.216 e. The molecule has 1 saturated heterocycles. The monoisotopic (exact) mass is 183 g/mol. The van der Waals surface area contributed by atoms with Crippen LogP contribution in [0.1, 0.15) is 27.7 Å². The van der Waals surface area contributed by atoms with Crippen molar-refractivity contribution in [3.8, 4) is 0 Å². The first-order valence-corrected chi connectivity index (χ1v) is 4.89. The summed E-state index contributed by atoms with van der Waals surface area (Å²) >= 11 is 0. The molecule has 2 atom stereocenters. The second-order valence-electron chi connectivity index (χ2n) is 4.69. The second-order valence-corrected chi connectivity index (χ2v) is 4.69. The highest BCUT2D eigenvalue weighted by molar-refractivity contribution is 5.86. The van der Waals surface area contributed by atoms with Crippen molar-refractivity contribution in [2.24, 2.45) is 10.9 Å². The van der Waals surface area contributed by atoms with E-state index in [9.17, 15) is 0 Å². The Hall–Kier alpha value is -0.570. The molecule has 3 nitrogen and oxygen atoms in total. The van der Waals surface area contributed by atoms with Crippen molar-refractivity contribution in [1.29, 1.82) is 0 Å². The van der Waals surface area contributed by atoms with Crippen LogP contribution in [0.25, 0.3) is 0 Å². The zero-order chi connectivity index (χ0) is 9.64. The molecule has 74 valence electrons. The molecule has 0 aromatic carbocycles. The van der Waals surface area contributed by atoms with Crippen LogP contribution < -0.4 is 0 Å². The van der Waals surface area contributed by atoms with Crippen LogP contribution in [0, 0.1) is 5.92 Å². The second kappa shape index (κ2) is 2.71. The zero-order valence-corrected chi connectivity index (χ0v) is 8.70. The third-order valence-electron chi connectivity index (χ3n) is 2.68. The van der Waals surface area contributed by atoms with Crippen LogP contribution in [0.4, 0.5) is 0 Å². The molecule has 0 aromatic heterocycles. The number of epoxide rings is 1. The Kier molecular flexibility index (Phi) is 1.88. The van der Waals surface area contributed by atoms with Gasteiger partial charge in [-0.1, -0.05) is 13.8 Å². The van der Waals surface area contributed by atoms with Gasteiger partial charge in [0.25, 0.3) is 0 Å². The fraction of sp³-hybridized carbons (Fsp3) is 0.900. The first kappa shape index (κ1) is 9.00. The lowest BCUT2D eigenvalue weighted by Gasteiger charge is -2.06. The Morgan fingerprint density at radius 1 is 1.46 bits per heavy atom. The summed E-state index contributed by atoms with van der Waals surface area (Å²) < 4.78 is 11.0. The molecule has 13 heavy (non-hydrogen) atoms. The van der Waals surface area contributed by atoms with Crippen LogP contribution in [0.15, 0.2) is 4.99 Å². The van der Waals surface area contributed by atoms with Gasteiger partial charge in [-0.2, -0.15) is 0 Å². The summed E-state index contributed by atoms with van der Waals surface area (Å²) in [6.07, 6.45) is 0.108. The quantitative estimate of drug-likeness (QED) is 0.609.